The number of hydrogen-bond acceptors (Lipinski definition) is 4. The van der Waals surface area contributed by atoms with E-state index < -0.39 is 10.0 Å². The van der Waals surface area contributed by atoms with E-state index in [1.807, 2.05) is 0 Å². The van der Waals surface area contributed by atoms with E-state index in [0.29, 0.717) is 8.68 Å². The van der Waals surface area contributed by atoms with Gasteiger partial charge in [0.25, 0.3) is 0 Å². The van der Waals surface area contributed by atoms with Crippen molar-refractivity contribution < 1.29 is 8.42 Å². The maximum absolute atomic E-state index is 12.5. The van der Waals surface area contributed by atoms with Gasteiger partial charge in [-0.1, -0.05) is 0 Å². The van der Waals surface area contributed by atoms with Gasteiger partial charge in [-0.2, -0.15) is 0 Å². The van der Waals surface area contributed by atoms with Gasteiger partial charge < -0.3 is 5.32 Å². The van der Waals surface area contributed by atoms with Crippen molar-refractivity contribution in [3.8, 4) is 0 Å². The van der Waals surface area contributed by atoms with Gasteiger partial charge in [0.05, 0.1) is 7.57 Å². The third kappa shape index (κ3) is 3.01. The Morgan fingerprint density at radius 2 is 2.15 bits per heavy atom. The Hall–Kier alpha value is 0.530. The molecule has 2 fully saturated rings. The first-order valence-electron chi connectivity index (χ1n) is 6.62. The van der Waals surface area contributed by atoms with Crippen LogP contribution in [0, 0.1) is 0 Å². The predicted molar refractivity (Wildman–Crippen MR) is 87.6 cm³/mol. The van der Waals surface area contributed by atoms with Crippen molar-refractivity contribution in [2.45, 2.75) is 48.6 Å². The van der Waals surface area contributed by atoms with Crippen LogP contribution in [0.3, 0.4) is 0 Å². The number of thiophene rings is 1. The van der Waals surface area contributed by atoms with E-state index in [0.717, 1.165) is 23.2 Å². The average molecular weight is 444 g/mol. The molecule has 1 spiro atoms. The molecule has 2 N–H and O–H groups in total. The van der Waals surface area contributed by atoms with E-state index in [-0.39, 0.29) is 11.6 Å². The molecule has 0 radical (unpaired) electrons. The first kappa shape index (κ1) is 15.4. The Kier molecular flexibility index (Phi) is 4.34. The molecule has 0 aromatic carbocycles. The second-order valence-corrected chi connectivity index (χ2v) is 11.0. The molecule has 1 saturated carbocycles. The fourth-order valence-corrected chi connectivity index (χ4v) is 8.12. The Bertz CT molecular complexity index is 611. The fourth-order valence-electron chi connectivity index (χ4n) is 3.03. The summed E-state index contributed by atoms with van der Waals surface area (Å²) in [5.74, 6) is 0. The lowest BCUT2D eigenvalue weighted by Gasteiger charge is -2.48. The molecule has 0 bridgehead atoms. The van der Waals surface area contributed by atoms with Crippen molar-refractivity contribution in [3.05, 3.63) is 13.6 Å². The molecular weight excluding hydrogens is 428 g/mol. The largest absolute Gasteiger partial charge is 0.311 e. The standard InChI is InChI=1S/C12H16Br2N2O2S2/c13-10-6-9(11(14)19-10)20(17,18)16-8-2-5-15-12(7-8)3-1-4-12/h6,8,15-16H,1-5,7H2. The summed E-state index contributed by atoms with van der Waals surface area (Å²) in [6, 6.07) is 1.68. The Morgan fingerprint density at radius 1 is 1.40 bits per heavy atom. The molecule has 1 aliphatic heterocycles. The normalized spacial score (nSPS) is 25.6. The Labute approximate surface area is 140 Å². The quantitative estimate of drug-likeness (QED) is 0.753. The summed E-state index contributed by atoms with van der Waals surface area (Å²) in [4.78, 5) is 0.329. The maximum atomic E-state index is 12.5. The zero-order chi connectivity index (χ0) is 14.4. The first-order chi connectivity index (χ1) is 9.40. The Morgan fingerprint density at radius 3 is 2.70 bits per heavy atom. The molecule has 0 amide bonds. The van der Waals surface area contributed by atoms with Crippen LogP contribution in [-0.2, 0) is 10.0 Å². The lowest BCUT2D eigenvalue weighted by molar-refractivity contribution is 0.126. The smallest absolute Gasteiger partial charge is 0.242 e. The molecule has 1 aromatic rings. The van der Waals surface area contributed by atoms with Gasteiger partial charge in [0, 0.05) is 11.6 Å². The van der Waals surface area contributed by atoms with Crippen molar-refractivity contribution in [2.75, 3.05) is 6.54 Å². The van der Waals surface area contributed by atoms with Gasteiger partial charge in [-0.15, -0.1) is 11.3 Å². The predicted octanol–water partition coefficient (Wildman–Crippen LogP) is 3.23. The highest BCUT2D eigenvalue weighted by Gasteiger charge is 2.42. The minimum absolute atomic E-state index is 0.0344. The number of hydrogen-bond donors (Lipinski definition) is 2. The van der Waals surface area contributed by atoms with Gasteiger partial charge in [0.15, 0.2) is 0 Å². The summed E-state index contributed by atoms with van der Waals surface area (Å²) < 4.78 is 29.3. The lowest BCUT2D eigenvalue weighted by atomic mass is 9.70. The van der Waals surface area contributed by atoms with Crippen molar-refractivity contribution >= 4 is 53.2 Å². The van der Waals surface area contributed by atoms with Crippen LogP contribution in [0.15, 0.2) is 18.5 Å². The van der Waals surface area contributed by atoms with Gasteiger partial charge >= 0.3 is 0 Å². The van der Waals surface area contributed by atoms with Crippen molar-refractivity contribution in [2.24, 2.45) is 0 Å². The molecule has 20 heavy (non-hydrogen) atoms. The fraction of sp³-hybridized carbons (Fsp3) is 0.667. The molecule has 1 unspecified atom stereocenters. The van der Waals surface area contributed by atoms with E-state index in [4.69, 9.17) is 0 Å². The number of piperidine rings is 1. The molecule has 112 valence electrons. The minimum atomic E-state index is -3.45. The zero-order valence-electron chi connectivity index (χ0n) is 10.8. The SMILES string of the molecule is O=S(=O)(NC1CCNC2(CCC2)C1)c1cc(Br)sc1Br. The molecule has 1 aliphatic carbocycles. The molecular formula is C12H16Br2N2O2S2. The van der Waals surface area contributed by atoms with Crippen LogP contribution in [0.5, 0.6) is 0 Å². The van der Waals surface area contributed by atoms with E-state index in [9.17, 15) is 8.42 Å². The van der Waals surface area contributed by atoms with E-state index >= 15 is 0 Å². The van der Waals surface area contributed by atoms with Crippen molar-refractivity contribution in [1.29, 1.82) is 0 Å². The highest BCUT2D eigenvalue weighted by Crippen LogP contribution is 2.39. The monoisotopic (exact) mass is 442 g/mol. The van der Waals surface area contributed by atoms with Crippen LogP contribution in [0.1, 0.15) is 32.1 Å². The van der Waals surface area contributed by atoms with Crippen LogP contribution in [-0.4, -0.2) is 26.5 Å². The van der Waals surface area contributed by atoms with Gasteiger partial charge in [-0.25, -0.2) is 13.1 Å². The third-order valence-electron chi connectivity index (χ3n) is 4.18. The molecule has 2 aliphatic rings. The van der Waals surface area contributed by atoms with Crippen molar-refractivity contribution in [1.82, 2.24) is 10.0 Å². The maximum Gasteiger partial charge on any atom is 0.242 e. The first-order valence-corrected chi connectivity index (χ1v) is 10.5. The average Bonchev–Trinajstić information content (AvgIpc) is 2.67. The minimum Gasteiger partial charge on any atom is -0.311 e. The topological polar surface area (TPSA) is 58.2 Å². The van der Waals surface area contributed by atoms with Gasteiger partial charge in [0.2, 0.25) is 10.0 Å². The second kappa shape index (κ2) is 5.62. The Balaban J connectivity index is 1.74. The van der Waals surface area contributed by atoms with Crippen molar-refractivity contribution in [3.63, 3.8) is 0 Å². The summed E-state index contributed by atoms with van der Waals surface area (Å²) in [7, 11) is -3.45. The molecule has 1 atom stereocenters. The van der Waals surface area contributed by atoms with Gasteiger partial charge in [-0.05, 0) is 76.6 Å². The van der Waals surface area contributed by atoms with Crippen LogP contribution in [0.4, 0.5) is 0 Å². The highest BCUT2D eigenvalue weighted by molar-refractivity contribution is 9.12. The second-order valence-electron chi connectivity index (χ2n) is 5.56. The molecule has 8 heteroatoms. The van der Waals surface area contributed by atoms with E-state index in [1.165, 1.54) is 30.6 Å². The van der Waals surface area contributed by atoms with Crippen LogP contribution in [0.2, 0.25) is 0 Å². The highest BCUT2D eigenvalue weighted by atomic mass is 79.9. The lowest BCUT2D eigenvalue weighted by Crippen LogP contribution is -2.59. The summed E-state index contributed by atoms with van der Waals surface area (Å²) in [5, 5.41) is 3.55. The number of rotatable bonds is 3. The van der Waals surface area contributed by atoms with Gasteiger partial charge in [-0.3, -0.25) is 0 Å². The summed E-state index contributed by atoms with van der Waals surface area (Å²) >= 11 is 8.02. The van der Waals surface area contributed by atoms with Crippen LogP contribution in [0.25, 0.3) is 0 Å². The number of nitrogens with one attached hydrogen (secondary N) is 2. The van der Waals surface area contributed by atoms with Crippen LogP contribution < -0.4 is 10.0 Å². The van der Waals surface area contributed by atoms with E-state index in [2.05, 4.69) is 41.9 Å². The summed E-state index contributed by atoms with van der Waals surface area (Å²) in [5.41, 5.74) is 0.192. The summed E-state index contributed by atoms with van der Waals surface area (Å²) in [6.07, 6.45) is 5.33. The molecule has 1 aromatic heterocycles. The zero-order valence-corrected chi connectivity index (χ0v) is 15.6. The van der Waals surface area contributed by atoms with Gasteiger partial charge in [0.1, 0.15) is 4.90 Å². The number of halogens is 2. The molecule has 1 saturated heterocycles. The third-order valence-corrected chi connectivity index (χ3v) is 8.45. The molecule has 4 nitrogen and oxygen atoms in total. The number of sulfonamides is 1. The molecule has 3 rings (SSSR count). The van der Waals surface area contributed by atoms with Crippen LogP contribution >= 0.6 is 43.2 Å². The molecule has 2 heterocycles. The summed E-state index contributed by atoms with van der Waals surface area (Å²) in [6.45, 7) is 0.891. The van der Waals surface area contributed by atoms with E-state index in [1.54, 1.807) is 6.07 Å².